The molecule has 0 bridgehead atoms. The van der Waals surface area contributed by atoms with Gasteiger partial charge < -0.3 is 15.9 Å². The maximum absolute atomic E-state index is 10.3. The highest BCUT2D eigenvalue weighted by Crippen LogP contribution is 2.33. The van der Waals surface area contributed by atoms with E-state index in [2.05, 4.69) is 20.5 Å². The van der Waals surface area contributed by atoms with Gasteiger partial charge in [0.15, 0.2) is 11.3 Å². The number of hydrogen-bond donors (Lipinski definition) is 3. The van der Waals surface area contributed by atoms with Crippen molar-refractivity contribution >= 4 is 11.9 Å². The van der Waals surface area contributed by atoms with Crippen molar-refractivity contribution in [3.05, 3.63) is 0 Å². The van der Waals surface area contributed by atoms with E-state index >= 15 is 0 Å². The van der Waals surface area contributed by atoms with E-state index in [4.69, 9.17) is 15.9 Å². The van der Waals surface area contributed by atoms with Crippen LogP contribution in [0.2, 0.25) is 0 Å². The van der Waals surface area contributed by atoms with E-state index in [0.717, 1.165) is 0 Å². The monoisotopic (exact) mass is 285 g/mol. The molecule has 0 saturated heterocycles. The van der Waals surface area contributed by atoms with Crippen LogP contribution in [0.4, 0.5) is 0 Å². The number of hydrogen-bond acceptors (Lipinski definition) is 7. The normalized spacial score (nSPS) is 22.2. The van der Waals surface area contributed by atoms with Gasteiger partial charge in [0, 0.05) is 12.8 Å². The van der Waals surface area contributed by atoms with E-state index in [1.54, 1.807) is 13.8 Å². The quantitative estimate of drug-likeness (QED) is 0.670. The fraction of sp³-hybridized carbons (Fsp3) is 0.818. The topological polar surface area (TPSA) is 150 Å². The molecule has 0 aromatic carbocycles. The van der Waals surface area contributed by atoms with Crippen LogP contribution < -0.4 is 5.73 Å². The molecule has 112 valence electrons. The van der Waals surface area contributed by atoms with Crippen LogP contribution >= 0.6 is 0 Å². The molecule has 9 nitrogen and oxygen atoms in total. The number of nitrogens with two attached hydrogens (primary N) is 1. The molecule has 2 atom stereocenters. The van der Waals surface area contributed by atoms with Crippen LogP contribution in [0.3, 0.4) is 0 Å². The molecule has 0 fully saturated rings. The second-order valence-corrected chi connectivity index (χ2v) is 5.43. The molecule has 4 N–H and O–H groups in total. The average molecular weight is 285 g/mol. The Balaban J connectivity index is 0.000000200. The van der Waals surface area contributed by atoms with Crippen molar-refractivity contribution in [1.29, 1.82) is 0 Å². The Morgan fingerprint density at radius 1 is 1.00 bits per heavy atom. The van der Waals surface area contributed by atoms with Crippen molar-refractivity contribution in [3.8, 4) is 0 Å². The Labute approximate surface area is 116 Å². The zero-order chi connectivity index (χ0) is 15.6. The number of nitrogens with zero attached hydrogens (tertiary/aromatic N) is 4. The first-order valence-corrected chi connectivity index (χ1v) is 6.16. The summed E-state index contributed by atoms with van der Waals surface area (Å²) in [6.45, 7) is 5.24. The lowest BCUT2D eigenvalue weighted by Gasteiger charge is -2.06. The van der Waals surface area contributed by atoms with Crippen LogP contribution in [-0.4, -0.2) is 39.5 Å². The SMILES string of the molecule is CC1(C[C@H](N)C(=O)O)N=N1.C[C@@H](CC1(C)N=N1)C(=O)O. The molecule has 9 heteroatoms. The van der Waals surface area contributed by atoms with Crippen molar-refractivity contribution in [2.75, 3.05) is 0 Å². The standard InChI is InChI=1S/C6H10N2O2.C5H9N3O2/c1-4(5(9)10)3-6(2)7-8-6;1-5(7-8-5)2-3(6)4(9)10/h4H,3H2,1-2H3,(H,9,10);3H,2,6H2,1H3,(H,9,10)/t4-;3-/m00/s1. The van der Waals surface area contributed by atoms with Gasteiger partial charge in [-0.1, -0.05) is 6.92 Å². The summed E-state index contributed by atoms with van der Waals surface area (Å²) in [5.74, 6) is -2.13. The third-order valence-corrected chi connectivity index (χ3v) is 2.92. The lowest BCUT2D eigenvalue weighted by atomic mass is 10.0. The molecule has 0 aliphatic carbocycles. The second-order valence-electron chi connectivity index (χ2n) is 5.43. The van der Waals surface area contributed by atoms with Gasteiger partial charge in [0.1, 0.15) is 6.04 Å². The van der Waals surface area contributed by atoms with Gasteiger partial charge in [-0.05, 0) is 13.8 Å². The second kappa shape index (κ2) is 5.61. The minimum absolute atomic E-state index is 0.294. The fourth-order valence-electron chi connectivity index (χ4n) is 1.51. The summed E-state index contributed by atoms with van der Waals surface area (Å²) in [5, 5.41) is 31.6. The van der Waals surface area contributed by atoms with Gasteiger partial charge in [-0.25, -0.2) is 0 Å². The molecule has 0 spiro atoms. The van der Waals surface area contributed by atoms with Gasteiger partial charge in [0.2, 0.25) is 0 Å². The molecule has 0 amide bonds. The number of carboxylic acids is 2. The Kier molecular flexibility index (Phi) is 4.53. The van der Waals surface area contributed by atoms with Gasteiger partial charge in [-0.3, -0.25) is 9.59 Å². The Morgan fingerprint density at radius 3 is 1.70 bits per heavy atom. The largest absolute Gasteiger partial charge is 0.481 e. The van der Waals surface area contributed by atoms with Crippen molar-refractivity contribution in [2.24, 2.45) is 32.1 Å². The Hall–Kier alpha value is -1.90. The van der Waals surface area contributed by atoms with Gasteiger partial charge in [0.05, 0.1) is 5.92 Å². The number of rotatable bonds is 6. The van der Waals surface area contributed by atoms with E-state index in [9.17, 15) is 9.59 Å². The Morgan fingerprint density at radius 2 is 1.40 bits per heavy atom. The van der Waals surface area contributed by atoms with Crippen LogP contribution in [0.5, 0.6) is 0 Å². The lowest BCUT2D eigenvalue weighted by molar-refractivity contribution is -0.141. The zero-order valence-corrected chi connectivity index (χ0v) is 11.6. The van der Waals surface area contributed by atoms with Gasteiger partial charge in [-0.2, -0.15) is 20.5 Å². The molecule has 0 aromatic heterocycles. The highest BCUT2D eigenvalue weighted by molar-refractivity contribution is 5.73. The van der Waals surface area contributed by atoms with Crippen LogP contribution in [0.25, 0.3) is 0 Å². The fourth-order valence-corrected chi connectivity index (χ4v) is 1.51. The van der Waals surface area contributed by atoms with E-state index in [1.165, 1.54) is 0 Å². The van der Waals surface area contributed by atoms with Crippen LogP contribution in [0.15, 0.2) is 20.5 Å². The molecule has 2 aliphatic heterocycles. The van der Waals surface area contributed by atoms with Crippen LogP contribution in [0.1, 0.15) is 33.6 Å². The van der Waals surface area contributed by atoms with E-state index < -0.39 is 23.6 Å². The molecular formula is C11H19N5O4. The van der Waals surface area contributed by atoms with Crippen molar-refractivity contribution in [1.82, 2.24) is 0 Å². The number of aliphatic carboxylic acids is 2. The van der Waals surface area contributed by atoms with Crippen molar-refractivity contribution in [3.63, 3.8) is 0 Å². The highest BCUT2D eigenvalue weighted by atomic mass is 16.4. The summed E-state index contributed by atoms with van der Waals surface area (Å²) in [5.41, 5.74) is 4.34. The molecular weight excluding hydrogens is 266 g/mol. The maximum atomic E-state index is 10.3. The van der Waals surface area contributed by atoms with E-state index in [-0.39, 0.29) is 11.6 Å². The minimum Gasteiger partial charge on any atom is -0.481 e. The van der Waals surface area contributed by atoms with E-state index in [1.807, 2.05) is 6.92 Å². The summed E-state index contributed by atoms with van der Waals surface area (Å²) in [4.78, 5) is 20.5. The van der Waals surface area contributed by atoms with Crippen LogP contribution in [-0.2, 0) is 9.59 Å². The van der Waals surface area contributed by atoms with Crippen molar-refractivity contribution < 1.29 is 19.8 Å². The summed E-state index contributed by atoms with van der Waals surface area (Å²) in [7, 11) is 0. The maximum Gasteiger partial charge on any atom is 0.320 e. The third kappa shape index (κ3) is 5.39. The third-order valence-electron chi connectivity index (χ3n) is 2.92. The molecule has 0 saturated carbocycles. The average Bonchev–Trinajstić information content (AvgIpc) is 3.21. The van der Waals surface area contributed by atoms with Gasteiger partial charge in [-0.15, -0.1) is 0 Å². The molecule has 20 heavy (non-hydrogen) atoms. The first-order valence-electron chi connectivity index (χ1n) is 6.16. The summed E-state index contributed by atoms with van der Waals surface area (Å²) in [6, 6.07) is -0.847. The molecule has 0 aromatic rings. The first-order chi connectivity index (χ1) is 9.07. The molecule has 0 radical (unpaired) electrons. The highest BCUT2D eigenvalue weighted by Gasteiger charge is 2.38. The molecule has 2 heterocycles. The smallest absolute Gasteiger partial charge is 0.320 e. The number of carbonyl (C=O) groups is 2. The predicted molar refractivity (Wildman–Crippen MR) is 68.2 cm³/mol. The number of carboxylic acid groups (broad SMARTS) is 2. The summed E-state index contributed by atoms with van der Waals surface area (Å²) >= 11 is 0. The van der Waals surface area contributed by atoms with Crippen molar-refractivity contribution in [2.45, 2.75) is 51.0 Å². The summed E-state index contributed by atoms with van der Waals surface area (Å²) < 4.78 is 0. The van der Waals surface area contributed by atoms with E-state index in [0.29, 0.717) is 12.8 Å². The predicted octanol–water partition coefficient (Wildman–Crippen LogP) is 1.25. The van der Waals surface area contributed by atoms with Gasteiger partial charge >= 0.3 is 11.9 Å². The zero-order valence-electron chi connectivity index (χ0n) is 11.6. The minimum atomic E-state index is -1.00. The summed E-state index contributed by atoms with van der Waals surface area (Å²) in [6.07, 6.45) is 0.810. The molecule has 0 unspecified atom stereocenters. The molecule has 2 aliphatic rings. The van der Waals surface area contributed by atoms with Crippen LogP contribution in [0, 0.1) is 5.92 Å². The first kappa shape index (κ1) is 16.2. The van der Waals surface area contributed by atoms with Gasteiger partial charge in [0.25, 0.3) is 0 Å². The lowest BCUT2D eigenvalue weighted by Crippen LogP contribution is -2.34. The molecule has 2 rings (SSSR count). The Bertz CT molecular complexity index is 408.